The maximum absolute atomic E-state index is 12.4. The van der Waals surface area contributed by atoms with Crippen LogP contribution >= 0.6 is 0 Å². The summed E-state index contributed by atoms with van der Waals surface area (Å²) in [5.74, 6) is 1.84. The molecule has 0 spiro atoms. The molecule has 1 aromatic rings. The Bertz CT molecular complexity index is 730. The summed E-state index contributed by atoms with van der Waals surface area (Å²) in [5, 5.41) is 9.21. The number of carbonyl (C=O) groups excluding carboxylic acids is 1. The number of carbonyl (C=O) groups is 1. The van der Waals surface area contributed by atoms with Gasteiger partial charge in [0.15, 0.2) is 0 Å². The molecule has 8 heteroatoms. The van der Waals surface area contributed by atoms with Crippen LogP contribution in [0.2, 0.25) is 0 Å². The lowest BCUT2D eigenvalue weighted by Crippen LogP contribution is -2.39. The van der Waals surface area contributed by atoms with Gasteiger partial charge in [-0.1, -0.05) is 12.1 Å². The van der Waals surface area contributed by atoms with Crippen molar-refractivity contribution >= 4 is 5.91 Å². The molecular formula is C21H26F3N2O3. The Morgan fingerprint density at radius 1 is 1.24 bits per heavy atom. The van der Waals surface area contributed by atoms with E-state index in [1.807, 2.05) is 11.3 Å². The highest BCUT2D eigenvalue weighted by Crippen LogP contribution is 2.54. The first-order valence-electron chi connectivity index (χ1n) is 10.1. The normalized spacial score (nSPS) is 29.2. The second kappa shape index (κ2) is 8.14. The first kappa shape index (κ1) is 20.5. The molecule has 1 amide bonds. The van der Waals surface area contributed by atoms with E-state index >= 15 is 0 Å². The van der Waals surface area contributed by atoms with Crippen LogP contribution in [0.3, 0.4) is 0 Å². The number of halogens is 3. The number of amides is 1. The van der Waals surface area contributed by atoms with Crippen LogP contribution in [0.1, 0.15) is 18.4 Å². The number of likely N-dealkylation sites (tertiary alicyclic amines) is 2. The summed E-state index contributed by atoms with van der Waals surface area (Å²) in [6.45, 7) is 3.79. The SMILES string of the molecule is O=C(CN1CC2C(C[CH]c3cccc(OC(F)(F)F)c3)C2C1)N1CCC(CO)C1. The zero-order chi connectivity index (χ0) is 20.6. The third-order valence-corrected chi connectivity index (χ3v) is 6.42. The highest BCUT2D eigenvalue weighted by Gasteiger charge is 2.54. The molecular weight excluding hydrogens is 385 g/mol. The predicted molar refractivity (Wildman–Crippen MR) is 99.8 cm³/mol. The minimum Gasteiger partial charge on any atom is -0.406 e. The molecule has 2 heterocycles. The van der Waals surface area contributed by atoms with Crippen molar-refractivity contribution in [2.75, 3.05) is 39.3 Å². The van der Waals surface area contributed by atoms with E-state index in [0.29, 0.717) is 30.8 Å². The number of ether oxygens (including phenoxy) is 1. The van der Waals surface area contributed by atoms with Gasteiger partial charge in [-0.05, 0) is 54.7 Å². The van der Waals surface area contributed by atoms with Gasteiger partial charge in [-0.25, -0.2) is 0 Å². The molecule has 0 aromatic heterocycles. The zero-order valence-corrected chi connectivity index (χ0v) is 16.1. The fourth-order valence-corrected chi connectivity index (χ4v) is 4.83. The molecule has 1 radical (unpaired) electrons. The molecule has 3 fully saturated rings. The molecule has 1 aliphatic carbocycles. The lowest BCUT2D eigenvalue weighted by Gasteiger charge is -2.23. The lowest BCUT2D eigenvalue weighted by atomic mass is 10.0. The number of nitrogens with zero attached hydrogens (tertiary/aromatic N) is 2. The highest BCUT2D eigenvalue weighted by molar-refractivity contribution is 5.78. The first-order chi connectivity index (χ1) is 13.8. The van der Waals surface area contributed by atoms with Gasteiger partial charge in [0.2, 0.25) is 5.91 Å². The fraction of sp³-hybridized carbons (Fsp3) is 0.619. The molecule has 3 unspecified atom stereocenters. The molecule has 0 bridgehead atoms. The molecule has 5 nitrogen and oxygen atoms in total. The molecule has 29 heavy (non-hydrogen) atoms. The van der Waals surface area contributed by atoms with E-state index in [-0.39, 0.29) is 24.2 Å². The van der Waals surface area contributed by atoms with Gasteiger partial charge >= 0.3 is 6.36 Å². The summed E-state index contributed by atoms with van der Waals surface area (Å²) in [4.78, 5) is 16.5. The summed E-state index contributed by atoms with van der Waals surface area (Å²) in [6, 6.07) is 6.05. The summed E-state index contributed by atoms with van der Waals surface area (Å²) in [5.41, 5.74) is 0.733. The number of rotatable bonds is 7. The van der Waals surface area contributed by atoms with Crippen molar-refractivity contribution in [1.82, 2.24) is 9.80 Å². The Balaban J connectivity index is 1.19. The Morgan fingerprint density at radius 2 is 2.00 bits per heavy atom. The Kier molecular flexibility index (Phi) is 5.75. The minimum atomic E-state index is -4.68. The zero-order valence-electron chi connectivity index (χ0n) is 16.1. The van der Waals surface area contributed by atoms with Crippen LogP contribution in [0.15, 0.2) is 24.3 Å². The van der Waals surface area contributed by atoms with Gasteiger partial charge in [0.25, 0.3) is 0 Å². The van der Waals surface area contributed by atoms with Crippen molar-refractivity contribution in [1.29, 1.82) is 0 Å². The summed E-state index contributed by atoms with van der Waals surface area (Å²) in [7, 11) is 0. The van der Waals surface area contributed by atoms with Crippen molar-refractivity contribution in [3.05, 3.63) is 36.2 Å². The van der Waals surface area contributed by atoms with E-state index in [9.17, 15) is 23.1 Å². The van der Waals surface area contributed by atoms with Gasteiger partial charge in [-0.3, -0.25) is 9.69 Å². The number of hydrogen-bond donors (Lipinski definition) is 1. The molecule has 1 aromatic carbocycles. The van der Waals surface area contributed by atoms with Crippen LogP contribution in [0, 0.1) is 30.1 Å². The molecule has 2 saturated heterocycles. The van der Waals surface area contributed by atoms with Crippen molar-refractivity contribution in [3.8, 4) is 5.75 Å². The monoisotopic (exact) mass is 411 g/mol. The van der Waals surface area contributed by atoms with Crippen LogP contribution < -0.4 is 4.74 Å². The van der Waals surface area contributed by atoms with Gasteiger partial charge in [0.05, 0.1) is 6.54 Å². The van der Waals surface area contributed by atoms with Crippen molar-refractivity contribution < 1.29 is 27.8 Å². The molecule has 159 valence electrons. The van der Waals surface area contributed by atoms with E-state index in [1.54, 1.807) is 12.1 Å². The van der Waals surface area contributed by atoms with Gasteiger partial charge < -0.3 is 14.7 Å². The average Bonchev–Trinajstić information content (AvgIpc) is 3.04. The average molecular weight is 411 g/mol. The number of alkyl halides is 3. The minimum absolute atomic E-state index is 0.140. The smallest absolute Gasteiger partial charge is 0.406 e. The largest absolute Gasteiger partial charge is 0.573 e. The quantitative estimate of drug-likeness (QED) is 0.749. The maximum Gasteiger partial charge on any atom is 0.573 e. The lowest BCUT2D eigenvalue weighted by molar-refractivity contribution is -0.274. The second-order valence-corrected chi connectivity index (χ2v) is 8.42. The third kappa shape index (κ3) is 5.04. The van der Waals surface area contributed by atoms with Crippen LogP contribution in [0.25, 0.3) is 0 Å². The van der Waals surface area contributed by atoms with E-state index in [4.69, 9.17) is 0 Å². The van der Waals surface area contributed by atoms with Crippen LogP contribution in [-0.4, -0.2) is 66.5 Å². The van der Waals surface area contributed by atoms with Crippen LogP contribution in [0.4, 0.5) is 13.2 Å². The van der Waals surface area contributed by atoms with E-state index in [2.05, 4.69) is 9.64 Å². The number of piperidine rings is 1. The fourth-order valence-electron chi connectivity index (χ4n) is 4.83. The Labute approximate surface area is 168 Å². The van der Waals surface area contributed by atoms with Crippen molar-refractivity contribution in [2.45, 2.75) is 19.2 Å². The topological polar surface area (TPSA) is 53.0 Å². The molecule has 3 aliphatic rings. The molecule has 1 saturated carbocycles. The number of benzene rings is 1. The standard InChI is InChI=1S/C21H26F3N2O3/c22-21(23,24)29-16-3-1-2-14(8-16)4-5-17-18-10-25(11-19(17)18)12-20(28)26-7-6-15(9-26)13-27/h1-4,8,15,17-19,27H,5-7,9-13H2. The van der Waals surface area contributed by atoms with Gasteiger partial charge in [-0.15, -0.1) is 13.2 Å². The Morgan fingerprint density at radius 3 is 2.66 bits per heavy atom. The van der Waals surface area contributed by atoms with Crippen LogP contribution in [-0.2, 0) is 4.79 Å². The van der Waals surface area contributed by atoms with Gasteiger partial charge in [0.1, 0.15) is 5.75 Å². The molecule has 1 N–H and O–H groups in total. The second-order valence-electron chi connectivity index (χ2n) is 8.42. The third-order valence-electron chi connectivity index (χ3n) is 6.42. The van der Waals surface area contributed by atoms with E-state index in [1.165, 1.54) is 12.1 Å². The van der Waals surface area contributed by atoms with Crippen molar-refractivity contribution in [3.63, 3.8) is 0 Å². The first-order valence-corrected chi connectivity index (χ1v) is 10.1. The maximum atomic E-state index is 12.4. The van der Waals surface area contributed by atoms with E-state index < -0.39 is 6.36 Å². The predicted octanol–water partition coefficient (Wildman–Crippen LogP) is 2.55. The van der Waals surface area contributed by atoms with Gasteiger partial charge in [-0.2, -0.15) is 0 Å². The van der Waals surface area contributed by atoms with Gasteiger partial charge in [0, 0.05) is 38.7 Å². The number of fused-ring (bicyclic) bond motifs is 1. The molecule has 3 atom stereocenters. The summed E-state index contributed by atoms with van der Waals surface area (Å²) < 4.78 is 41.0. The number of aliphatic hydroxyl groups is 1. The number of aliphatic hydroxyl groups excluding tert-OH is 1. The van der Waals surface area contributed by atoms with E-state index in [0.717, 1.165) is 38.0 Å². The number of hydrogen-bond acceptors (Lipinski definition) is 4. The van der Waals surface area contributed by atoms with Crippen LogP contribution in [0.5, 0.6) is 5.75 Å². The Hall–Kier alpha value is -1.80. The highest BCUT2D eigenvalue weighted by atomic mass is 19.4. The van der Waals surface area contributed by atoms with Crippen molar-refractivity contribution in [2.24, 2.45) is 23.7 Å². The summed E-state index contributed by atoms with van der Waals surface area (Å²) >= 11 is 0. The summed E-state index contributed by atoms with van der Waals surface area (Å²) in [6.07, 6.45) is -1.00. The molecule has 2 aliphatic heterocycles. The molecule has 4 rings (SSSR count).